The summed E-state index contributed by atoms with van der Waals surface area (Å²) in [5.41, 5.74) is 0.447. The van der Waals surface area contributed by atoms with Gasteiger partial charge >= 0.3 is 0 Å². The van der Waals surface area contributed by atoms with Gasteiger partial charge in [0.15, 0.2) is 5.58 Å². The Kier molecular flexibility index (Phi) is 6.48. The summed E-state index contributed by atoms with van der Waals surface area (Å²) in [6.45, 7) is 0. The van der Waals surface area contributed by atoms with Gasteiger partial charge in [0.2, 0.25) is 17.5 Å². The van der Waals surface area contributed by atoms with Crippen LogP contribution in [-0.4, -0.2) is 16.0 Å². The highest BCUT2D eigenvalue weighted by Crippen LogP contribution is 2.29. The minimum Gasteiger partial charge on any atom is -0.436 e. The van der Waals surface area contributed by atoms with Crippen LogP contribution in [0.25, 0.3) is 11.1 Å². The molecule has 0 spiro atoms. The van der Waals surface area contributed by atoms with Crippen molar-refractivity contribution < 1.29 is 14.3 Å². The molecule has 0 bridgehead atoms. The topological polar surface area (TPSA) is 75.4 Å². The standard InChI is InChI=1S/C25H30N2O3/c28-23(17-9-14-19-10-3-1-4-11-19)27-25(29,18-20-12-5-2-6-13-20)24-26-21-15-7-8-16-22(21)30-24/h2,5-8,12-13,15-16,19,29H,1,3-4,9-11,14,17-18H2,(H,27,28). The number of para-hydroxylation sites is 2. The molecule has 158 valence electrons. The molecule has 0 saturated heterocycles. The van der Waals surface area contributed by atoms with Crippen LogP contribution >= 0.6 is 0 Å². The molecule has 30 heavy (non-hydrogen) atoms. The predicted octanol–water partition coefficient (Wildman–Crippen LogP) is 5.08. The van der Waals surface area contributed by atoms with E-state index in [9.17, 15) is 9.90 Å². The van der Waals surface area contributed by atoms with Crippen molar-refractivity contribution in [2.45, 2.75) is 63.5 Å². The molecule has 5 heteroatoms. The van der Waals surface area contributed by atoms with Crippen molar-refractivity contribution in [3.63, 3.8) is 0 Å². The summed E-state index contributed by atoms with van der Waals surface area (Å²) in [5.74, 6) is 0.687. The summed E-state index contributed by atoms with van der Waals surface area (Å²) in [6, 6.07) is 16.9. The number of amides is 1. The second kappa shape index (κ2) is 9.43. The average molecular weight is 407 g/mol. The molecule has 1 aromatic heterocycles. The number of nitrogens with zero attached hydrogens (tertiary/aromatic N) is 1. The Balaban J connectivity index is 1.47. The van der Waals surface area contributed by atoms with E-state index in [1.807, 2.05) is 48.5 Å². The number of benzene rings is 2. The highest BCUT2D eigenvalue weighted by Gasteiger charge is 2.37. The lowest BCUT2D eigenvalue weighted by Gasteiger charge is -2.26. The van der Waals surface area contributed by atoms with Crippen LogP contribution in [0.4, 0.5) is 0 Å². The molecule has 5 nitrogen and oxygen atoms in total. The largest absolute Gasteiger partial charge is 0.436 e. The summed E-state index contributed by atoms with van der Waals surface area (Å²) >= 11 is 0. The number of nitrogens with one attached hydrogen (secondary N) is 1. The van der Waals surface area contributed by atoms with Crippen LogP contribution in [0.2, 0.25) is 0 Å². The van der Waals surface area contributed by atoms with Gasteiger partial charge in [0.05, 0.1) is 0 Å². The molecule has 0 aliphatic heterocycles. The van der Waals surface area contributed by atoms with Gasteiger partial charge in [0.25, 0.3) is 0 Å². The Bertz CT molecular complexity index is 930. The number of rotatable bonds is 8. The van der Waals surface area contributed by atoms with Crippen molar-refractivity contribution in [3.05, 3.63) is 66.1 Å². The maximum absolute atomic E-state index is 12.7. The second-order valence-corrected chi connectivity index (χ2v) is 8.45. The van der Waals surface area contributed by atoms with Crippen molar-refractivity contribution in [2.75, 3.05) is 0 Å². The summed E-state index contributed by atoms with van der Waals surface area (Å²) < 4.78 is 5.83. The molecule has 1 saturated carbocycles. The van der Waals surface area contributed by atoms with Crippen molar-refractivity contribution >= 4 is 17.0 Å². The normalized spacial score (nSPS) is 17.0. The minimum absolute atomic E-state index is 0.119. The zero-order chi connectivity index (χ0) is 20.8. The summed E-state index contributed by atoms with van der Waals surface area (Å²) in [7, 11) is 0. The van der Waals surface area contributed by atoms with E-state index in [1.165, 1.54) is 32.1 Å². The van der Waals surface area contributed by atoms with E-state index in [1.54, 1.807) is 6.07 Å². The molecule has 1 aliphatic rings. The van der Waals surface area contributed by atoms with Gasteiger partial charge in [-0.2, -0.15) is 0 Å². The van der Waals surface area contributed by atoms with Crippen LogP contribution in [0.3, 0.4) is 0 Å². The third-order valence-corrected chi connectivity index (χ3v) is 6.04. The molecule has 1 aliphatic carbocycles. The molecule has 2 aromatic carbocycles. The number of oxazole rings is 1. The number of hydrogen-bond acceptors (Lipinski definition) is 4. The first-order chi connectivity index (χ1) is 14.6. The quantitative estimate of drug-likeness (QED) is 0.511. The fourth-order valence-electron chi connectivity index (χ4n) is 4.43. The van der Waals surface area contributed by atoms with E-state index in [0.29, 0.717) is 17.5 Å². The lowest BCUT2D eigenvalue weighted by molar-refractivity contribution is -0.131. The number of carbonyl (C=O) groups excluding carboxylic acids is 1. The molecular weight excluding hydrogens is 376 g/mol. The maximum Gasteiger partial charge on any atom is 0.249 e. The van der Waals surface area contributed by atoms with Crippen LogP contribution in [0.5, 0.6) is 0 Å². The van der Waals surface area contributed by atoms with Gasteiger partial charge in [-0.05, 0) is 36.5 Å². The predicted molar refractivity (Wildman–Crippen MR) is 117 cm³/mol. The molecule has 1 amide bonds. The van der Waals surface area contributed by atoms with Gasteiger partial charge in [0.1, 0.15) is 5.52 Å². The third kappa shape index (κ3) is 5.08. The van der Waals surface area contributed by atoms with E-state index >= 15 is 0 Å². The summed E-state index contributed by atoms with van der Waals surface area (Å²) in [6.07, 6.45) is 9.03. The average Bonchev–Trinajstić information content (AvgIpc) is 3.20. The van der Waals surface area contributed by atoms with Crippen LogP contribution in [-0.2, 0) is 16.9 Å². The smallest absolute Gasteiger partial charge is 0.249 e. The lowest BCUT2D eigenvalue weighted by Crippen LogP contribution is -2.47. The van der Waals surface area contributed by atoms with Gasteiger partial charge in [-0.3, -0.25) is 4.79 Å². The molecule has 1 heterocycles. The van der Waals surface area contributed by atoms with Gasteiger partial charge in [0, 0.05) is 12.8 Å². The first-order valence-corrected chi connectivity index (χ1v) is 11.1. The number of hydrogen-bond donors (Lipinski definition) is 2. The van der Waals surface area contributed by atoms with Gasteiger partial charge < -0.3 is 14.8 Å². The zero-order valence-electron chi connectivity index (χ0n) is 17.3. The molecule has 1 atom stereocenters. The van der Waals surface area contributed by atoms with Crippen molar-refractivity contribution in [2.24, 2.45) is 5.92 Å². The third-order valence-electron chi connectivity index (χ3n) is 6.04. The molecule has 1 fully saturated rings. The maximum atomic E-state index is 12.7. The number of fused-ring (bicyclic) bond motifs is 1. The monoisotopic (exact) mass is 406 g/mol. The van der Waals surface area contributed by atoms with Crippen LogP contribution in [0.1, 0.15) is 62.8 Å². The van der Waals surface area contributed by atoms with E-state index in [4.69, 9.17) is 4.42 Å². The molecule has 2 N–H and O–H groups in total. The van der Waals surface area contributed by atoms with Gasteiger partial charge in [-0.15, -0.1) is 0 Å². The van der Waals surface area contributed by atoms with Crippen LogP contribution in [0.15, 0.2) is 59.0 Å². The van der Waals surface area contributed by atoms with E-state index in [0.717, 1.165) is 24.3 Å². The molecule has 4 rings (SSSR count). The highest BCUT2D eigenvalue weighted by atomic mass is 16.4. The first kappa shape index (κ1) is 20.6. The second-order valence-electron chi connectivity index (χ2n) is 8.45. The van der Waals surface area contributed by atoms with E-state index < -0.39 is 5.72 Å². The SMILES string of the molecule is O=C(CCCC1CCCCC1)NC(O)(Cc1ccccc1)c1nc2ccccc2o1. The fourth-order valence-corrected chi connectivity index (χ4v) is 4.43. The number of aromatic nitrogens is 1. The highest BCUT2D eigenvalue weighted by molar-refractivity contribution is 5.77. The number of aliphatic hydroxyl groups is 1. The van der Waals surface area contributed by atoms with Crippen molar-refractivity contribution in [1.29, 1.82) is 0 Å². The molecule has 0 radical (unpaired) electrons. The Hall–Kier alpha value is -2.66. The minimum atomic E-state index is -1.69. The van der Waals surface area contributed by atoms with Gasteiger partial charge in [-0.1, -0.05) is 74.6 Å². The Morgan fingerprint density at radius 2 is 1.80 bits per heavy atom. The summed E-state index contributed by atoms with van der Waals surface area (Å²) in [4.78, 5) is 17.2. The summed E-state index contributed by atoms with van der Waals surface area (Å²) in [5, 5.41) is 14.3. The van der Waals surface area contributed by atoms with Crippen molar-refractivity contribution in [1.82, 2.24) is 10.3 Å². The first-order valence-electron chi connectivity index (χ1n) is 11.1. The van der Waals surface area contributed by atoms with Crippen molar-refractivity contribution in [3.8, 4) is 0 Å². The van der Waals surface area contributed by atoms with Crippen LogP contribution < -0.4 is 5.32 Å². The van der Waals surface area contributed by atoms with Gasteiger partial charge in [-0.25, -0.2) is 4.98 Å². The Morgan fingerprint density at radius 1 is 1.07 bits per heavy atom. The van der Waals surface area contributed by atoms with Crippen LogP contribution in [0, 0.1) is 5.92 Å². The number of carbonyl (C=O) groups is 1. The Labute approximate surface area is 177 Å². The van der Waals surface area contributed by atoms with E-state index in [2.05, 4.69) is 10.3 Å². The van der Waals surface area contributed by atoms with E-state index in [-0.39, 0.29) is 18.2 Å². The lowest BCUT2D eigenvalue weighted by atomic mass is 9.86. The zero-order valence-corrected chi connectivity index (χ0v) is 17.3. The molecular formula is C25H30N2O3. The molecule has 1 unspecified atom stereocenters. The molecule has 3 aromatic rings. The fraction of sp³-hybridized carbons (Fsp3) is 0.440. The Morgan fingerprint density at radius 3 is 2.57 bits per heavy atom.